The van der Waals surface area contributed by atoms with Gasteiger partial charge in [-0.25, -0.2) is 8.78 Å². The van der Waals surface area contributed by atoms with Crippen LogP contribution in [0.2, 0.25) is 0 Å². The molecule has 0 radical (unpaired) electrons. The van der Waals surface area contributed by atoms with Crippen LogP contribution in [0.5, 0.6) is 0 Å². The molecule has 0 spiro atoms. The lowest BCUT2D eigenvalue weighted by Gasteiger charge is -2.12. The van der Waals surface area contributed by atoms with Gasteiger partial charge in [-0.05, 0) is 43.7 Å². The summed E-state index contributed by atoms with van der Waals surface area (Å²) in [5.41, 5.74) is 4.40. The zero-order chi connectivity index (χ0) is 21.8. The largest absolute Gasteiger partial charge is 0.387 e. The number of halogens is 2. The molecule has 0 amide bonds. The highest BCUT2D eigenvalue weighted by Gasteiger charge is 2.21. The molecule has 1 aliphatic carbocycles. The van der Waals surface area contributed by atoms with Crippen LogP contribution in [-0.2, 0) is 13.0 Å². The SMILES string of the molecule is CCc1nn(C2CCCC2)c2cc(C(/C=C\NCc3cccc(F)c3F)=N/C)ccc12. The molecule has 6 heteroatoms. The van der Waals surface area contributed by atoms with E-state index in [0.29, 0.717) is 6.04 Å². The van der Waals surface area contributed by atoms with Crippen molar-refractivity contribution in [2.45, 2.75) is 51.6 Å². The van der Waals surface area contributed by atoms with Crippen LogP contribution in [0.25, 0.3) is 10.9 Å². The van der Waals surface area contributed by atoms with E-state index < -0.39 is 11.6 Å². The Morgan fingerprint density at radius 3 is 2.77 bits per heavy atom. The number of rotatable bonds is 7. The summed E-state index contributed by atoms with van der Waals surface area (Å²) in [6.45, 7) is 2.34. The van der Waals surface area contributed by atoms with Gasteiger partial charge in [0.1, 0.15) is 0 Å². The summed E-state index contributed by atoms with van der Waals surface area (Å²) < 4.78 is 29.4. The minimum atomic E-state index is -0.835. The number of allylic oxidation sites excluding steroid dienone is 1. The van der Waals surface area contributed by atoms with Gasteiger partial charge in [0.05, 0.1) is 23.0 Å². The van der Waals surface area contributed by atoms with E-state index in [0.717, 1.165) is 35.0 Å². The molecular formula is C25H28F2N4. The van der Waals surface area contributed by atoms with Crippen molar-refractivity contribution in [1.82, 2.24) is 15.1 Å². The third-order valence-corrected chi connectivity index (χ3v) is 6.01. The van der Waals surface area contributed by atoms with Crippen LogP contribution in [0.3, 0.4) is 0 Å². The number of aryl methyl sites for hydroxylation is 1. The molecule has 0 aliphatic heterocycles. The Morgan fingerprint density at radius 2 is 2.03 bits per heavy atom. The zero-order valence-corrected chi connectivity index (χ0v) is 18.0. The molecule has 162 valence electrons. The highest BCUT2D eigenvalue weighted by atomic mass is 19.2. The van der Waals surface area contributed by atoms with Crippen LogP contribution >= 0.6 is 0 Å². The maximum atomic E-state index is 13.8. The molecule has 31 heavy (non-hydrogen) atoms. The van der Waals surface area contributed by atoms with Crippen LogP contribution in [0.1, 0.15) is 55.5 Å². The molecule has 1 aromatic heterocycles. The molecule has 3 aromatic rings. The Kier molecular flexibility index (Phi) is 6.44. The second-order valence-electron chi connectivity index (χ2n) is 7.95. The number of nitrogens with one attached hydrogen (secondary N) is 1. The van der Waals surface area contributed by atoms with Gasteiger partial charge in [0.15, 0.2) is 11.6 Å². The second-order valence-corrected chi connectivity index (χ2v) is 7.95. The topological polar surface area (TPSA) is 42.2 Å². The Morgan fingerprint density at radius 1 is 1.23 bits per heavy atom. The van der Waals surface area contributed by atoms with E-state index in [9.17, 15) is 8.78 Å². The minimum absolute atomic E-state index is 0.199. The molecule has 0 unspecified atom stereocenters. The standard InChI is InChI=1S/C25H28F2N4/c1-3-22-20-12-11-17(15-24(20)31(30-22)19-8-4-5-9-19)23(28-2)13-14-29-16-18-7-6-10-21(26)25(18)27/h6-7,10-15,19,29H,3-5,8-9,16H2,1-2H3/b14-13-,28-23+. The molecule has 4 nitrogen and oxygen atoms in total. The van der Waals surface area contributed by atoms with E-state index in [-0.39, 0.29) is 12.1 Å². The predicted molar refractivity (Wildman–Crippen MR) is 121 cm³/mol. The fourth-order valence-corrected chi connectivity index (χ4v) is 4.34. The van der Waals surface area contributed by atoms with E-state index in [1.807, 2.05) is 6.08 Å². The normalized spacial score (nSPS) is 15.4. The molecule has 1 fully saturated rings. The highest BCUT2D eigenvalue weighted by Crippen LogP contribution is 2.33. The van der Waals surface area contributed by atoms with Gasteiger partial charge in [-0.1, -0.05) is 44.0 Å². The average Bonchev–Trinajstić information content (AvgIpc) is 3.44. The maximum Gasteiger partial charge on any atom is 0.163 e. The predicted octanol–water partition coefficient (Wildman–Crippen LogP) is 5.71. The Labute approximate surface area is 181 Å². The van der Waals surface area contributed by atoms with Gasteiger partial charge in [0.25, 0.3) is 0 Å². The first-order valence-corrected chi connectivity index (χ1v) is 10.9. The lowest BCUT2D eigenvalue weighted by Crippen LogP contribution is -2.09. The average molecular weight is 423 g/mol. The van der Waals surface area contributed by atoms with Gasteiger partial charge < -0.3 is 5.32 Å². The molecule has 1 heterocycles. The summed E-state index contributed by atoms with van der Waals surface area (Å²) >= 11 is 0. The van der Waals surface area contributed by atoms with Crippen LogP contribution < -0.4 is 5.32 Å². The monoisotopic (exact) mass is 422 g/mol. The lowest BCUT2D eigenvalue weighted by molar-refractivity contribution is 0.478. The maximum absolute atomic E-state index is 13.8. The summed E-state index contributed by atoms with van der Waals surface area (Å²) in [7, 11) is 1.75. The lowest BCUT2D eigenvalue weighted by atomic mass is 10.1. The van der Waals surface area contributed by atoms with E-state index in [4.69, 9.17) is 5.10 Å². The summed E-state index contributed by atoms with van der Waals surface area (Å²) in [4.78, 5) is 4.42. The summed E-state index contributed by atoms with van der Waals surface area (Å²) in [5.74, 6) is -1.65. The molecule has 1 N–H and O–H groups in total. The van der Waals surface area contributed by atoms with Crippen molar-refractivity contribution in [2.75, 3.05) is 7.05 Å². The van der Waals surface area contributed by atoms with E-state index in [1.165, 1.54) is 37.1 Å². The van der Waals surface area contributed by atoms with Crippen molar-refractivity contribution >= 4 is 16.6 Å². The molecule has 1 aliphatic rings. The number of benzene rings is 2. The number of aromatic nitrogens is 2. The van der Waals surface area contributed by atoms with E-state index in [1.54, 1.807) is 19.3 Å². The van der Waals surface area contributed by atoms with Crippen molar-refractivity contribution in [2.24, 2.45) is 4.99 Å². The molecule has 4 rings (SSSR count). The van der Waals surface area contributed by atoms with Crippen LogP contribution in [0.15, 0.2) is 53.7 Å². The van der Waals surface area contributed by atoms with Gasteiger partial charge in [0, 0.05) is 30.1 Å². The van der Waals surface area contributed by atoms with E-state index in [2.05, 4.69) is 40.1 Å². The highest BCUT2D eigenvalue weighted by molar-refractivity contribution is 6.10. The molecule has 2 aromatic carbocycles. The summed E-state index contributed by atoms with van der Waals surface area (Å²) in [6.07, 6.45) is 9.37. The number of hydrogen-bond acceptors (Lipinski definition) is 3. The minimum Gasteiger partial charge on any atom is -0.387 e. The molecule has 0 bridgehead atoms. The zero-order valence-electron chi connectivity index (χ0n) is 18.0. The quantitative estimate of drug-likeness (QED) is 0.495. The second kappa shape index (κ2) is 9.41. The number of fused-ring (bicyclic) bond motifs is 1. The van der Waals surface area contributed by atoms with Gasteiger partial charge in [-0.3, -0.25) is 9.67 Å². The number of hydrogen-bond donors (Lipinski definition) is 1. The third kappa shape index (κ3) is 4.38. The first kappa shape index (κ1) is 21.2. The van der Waals surface area contributed by atoms with Gasteiger partial charge in [-0.2, -0.15) is 5.10 Å². The number of nitrogens with zero attached hydrogens (tertiary/aromatic N) is 3. The fourth-order valence-electron chi connectivity index (χ4n) is 4.34. The Hall–Kier alpha value is -3.02. The van der Waals surface area contributed by atoms with Crippen LogP contribution in [-0.4, -0.2) is 22.5 Å². The molecule has 0 atom stereocenters. The summed E-state index contributed by atoms with van der Waals surface area (Å²) in [5, 5.41) is 9.15. The third-order valence-electron chi connectivity index (χ3n) is 6.01. The first-order chi connectivity index (χ1) is 15.1. The van der Waals surface area contributed by atoms with Crippen LogP contribution in [0.4, 0.5) is 8.78 Å². The molecular weight excluding hydrogens is 394 g/mol. The van der Waals surface area contributed by atoms with Crippen molar-refractivity contribution in [1.29, 1.82) is 0 Å². The van der Waals surface area contributed by atoms with Crippen molar-refractivity contribution < 1.29 is 8.78 Å². The smallest absolute Gasteiger partial charge is 0.163 e. The van der Waals surface area contributed by atoms with Crippen molar-refractivity contribution in [3.63, 3.8) is 0 Å². The summed E-state index contributed by atoms with van der Waals surface area (Å²) in [6, 6.07) is 11.0. The van der Waals surface area contributed by atoms with Gasteiger partial charge in [-0.15, -0.1) is 0 Å². The first-order valence-electron chi connectivity index (χ1n) is 10.9. The van der Waals surface area contributed by atoms with Gasteiger partial charge >= 0.3 is 0 Å². The van der Waals surface area contributed by atoms with Crippen molar-refractivity contribution in [3.8, 4) is 0 Å². The molecule has 0 saturated heterocycles. The Bertz CT molecular complexity index is 1120. The van der Waals surface area contributed by atoms with Gasteiger partial charge in [0.2, 0.25) is 0 Å². The molecule has 1 saturated carbocycles. The van der Waals surface area contributed by atoms with Crippen LogP contribution in [0, 0.1) is 11.6 Å². The van der Waals surface area contributed by atoms with E-state index >= 15 is 0 Å². The van der Waals surface area contributed by atoms with Crippen molar-refractivity contribution in [3.05, 3.63) is 77.1 Å². The number of aliphatic imine (C=N–C) groups is 1. The Balaban J connectivity index is 1.55. The fraction of sp³-hybridized carbons (Fsp3) is 0.360.